The number of hydrogen-bond donors (Lipinski definition) is 2. The van der Waals surface area contributed by atoms with E-state index in [4.69, 9.17) is 11.6 Å². The van der Waals surface area contributed by atoms with Crippen LogP contribution in [0.1, 0.15) is 12.5 Å². The highest BCUT2D eigenvalue weighted by Crippen LogP contribution is 2.15. The van der Waals surface area contributed by atoms with Gasteiger partial charge in [-0.15, -0.1) is 0 Å². The van der Waals surface area contributed by atoms with Crippen LogP contribution in [0.25, 0.3) is 0 Å². The van der Waals surface area contributed by atoms with Crippen LogP contribution in [0, 0.1) is 5.82 Å². The second-order valence-corrected chi connectivity index (χ2v) is 3.87. The first-order valence-electron chi connectivity index (χ1n) is 4.93. The molecule has 5 heteroatoms. The Balaban J connectivity index is 2.55. The van der Waals surface area contributed by atoms with Gasteiger partial charge in [0.1, 0.15) is 5.82 Å². The number of rotatable bonds is 4. The molecule has 0 saturated heterocycles. The van der Waals surface area contributed by atoms with Crippen molar-refractivity contribution in [1.82, 2.24) is 10.6 Å². The molecule has 0 bridgehead atoms. The predicted octanol–water partition coefficient (Wildman–Crippen LogP) is 1.70. The van der Waals surface area contributed by atoms with Gasteiger partial charge in [-0.3, -0.25) is 4.79 Å². The Labute approximate surface area is 99.0 Å². The lowest BCUT2D eigenvalue weighted by Gasteiger charge is -2.12. The zero-order valence-electron chi connectivity index (χ0n) is 9.18. The van der Waals surface area contributed by atoms with E-state index in [0.29, 0.717) is 6.54 Å². The summed E-state index contributed by atoms with van der Waals surface area (Å²) in [5.41, 5.74) is 0.748. The van der Waals surface area contributed by atoms with E-state index in [2.05, 4.69) is 10.6 Å². The maximum atomic E-state index is 13.1. The van der Waals surface area contributed by atoms with Crippen molar-refractivity contribution in [2.24, 2.45) is 0 Å². The van der Waals surface area contributed by atoms with Gasteiger partial charge in [0.2, 0.25) is 5.91 Å². The number of carbonyl (C=O) groups is 1. The molecule has 1 atom stereocenters. The van der Waals surface area contributed by atoms with Gasteiger partial charge >= 0.3 is 0 Å². The van der Waals surface area contributed by atoms with Crippen molar-refractivity contribution in [2.75, 3.05) is 7.05 Å². The van der Waals surface area contributed by atoms with Gasteiger partial charge in [0, 0.05) is 13.6 Å². The topological polar surface area (TPSA) is 41.1 Å². The lowest BCUT2D eigenvalue weighted by atomic mass is 10.2. The first-order chi connectivity index (χ1) is 7.54. The summed E-state index contributed by atoms with van der Waals surface area (Å²) in [6, 6.07) is 4.25. The van der Waals surface area contributed by atoms with Crippen LogP contribution in [0.2, 0.25) is 5.02 Å². The third-order valence-corrected chi connectivity index (χ3v) is 2.54. The molecule has 0 saturated carbocycles. The molecule has 0 aliphatic heterocycles. The van der Waals surface area contributed by atoms with Crippen LogP contribution in [0.3, 0.4) is 0 Å². The quantitative estimate of drug-likeness (QED) is 0.847. The van der Waals surface area contributed by atoms with E-state index in [1.165, 1.54) is 12.1 Å². The minimum Gasteiger partial charge on any atom is -0.358 e. The first kappa shape index (κ1) is 12.9. The van der Waals surface area contributed by atoms with Gasteiger partial charge in [-0.05, 0) is 24.6 Å². The molecule has 0 radical (unpaired) electrons. The van der Waals surface area contributed by atoms with Crippen LogP contribution in [-0.2, 0) is 11.3 Å². The van der Waals surface area contributed by atoms with E-state index < -0.39 is 5.82 Å². The number of benzene rings is 1. The molecule has 3 nitrogen and oxygen atoms in total. The number of carbonyl (C=O) groups excluding carboxylic acids is 1. The van der Waals surface area contributed by atoms with E-state index in [0.717, 1.165) is 5.56 Å². The van der Waals surface area contributed by atoms with Crippen molar-refractivity contribution >= 4 is 17.5 Å². The summed E-state index contributed by atoms with van der Waals surface area (Å²) in [5.74, 6) is -0.553. The average molecular weight is 245 g/mol. The molecule has 0 spiro atoms. The minimum absolute atomic E-state index is 0.100. The van der Waals surface area contributed by atoms with Crippen LogP contribution in [0.4, 0.5) is 4.39 Å². The fourth-order valence-corrected chi connectivity index (χ4v) is 1.35. The molecular weight excluding hydrogens is 231 g/mol. The van der Waals surface area contributed by atoms with E-state index in [1.54, 1.807) is 20.0 Å². The van der Waals surface area contributed by atoms with Crippen LogP contribution in [0.15, 0.2) is 18.2 Å². The monoisotopic (exact) mass is 244 g/mol. The number of amides is 1. The summed E-state index contributed by atoms with van der Waals surface area (Å²) < 4.78 is 13.1. The van der Waals surface area contributed by atoms with Crippen molar-refractivity contribution in [3.05, 3.63) is 34.6 Å². The Bertz CT molecular complexity index is 384. The summed E-state index contributed by atoms with van der Waals surface area (Å²) in [6.07, 6.45) is 0. The Hall–Kier alpha value is -1.13. The van der Waals surface area contributed by atoms with Gasteiger partial charge in [0.25, 0.3) is 0 Å². The molecule has 1 rings (SSSR count). The molecule has 16 heavy (non-hydrogen) atoms. The predicted molar refractivity (Wildman–Crippen MR) is 61.8 cm³/mol. The maximum absolute atomic E-state index is 13.1. The summed E-state index contributed by atoms with van der Waals surface area (Å²) in [6.45, 7) is 2.16. The molecule has 0 aromatic heterocycles. The molecule has 88 valence electrons. The van der Waals surface area contributed by atoms with Crippen molar-refractivity contribution in [3.8, 4) is 0 Å². The molecule has 1 aromatic carbocycles. The summed E-state index contributed by atoms with van der Waals surface area (Å²) in [4.78, 5) is 11.2. The summed E-state index contributed by atoms with van der Waals surface area (Å²) in [5, 5.41) is 5.60. The number of halogens is 2. The Morgan fingerprint density at radius 2 is 2.25 bits per heavy atom. The van der Waals surface area contributed by atoms with Crippen LogP contribution >= 0.6 is 11.6 Å². The van der Waals surface area contributed by atoms with Crippen molar-refractivity contribution in [1.29, 1.82) is 0 Å². The largest absolute Gasteiger partial charge is 0.358 e. The highest BCUT2D eigenvalue weighted by molar-refractivity contribution is 6.30. The molecule has 1 unspecified atom stereocenters. The van der Waals surface area contributed by atoms with E-state index in [9.17, 15) is 9.18 Å². The van der Waals surface area contributed by atoms with Crippen LogP contribution < -0.4 is 10.6 Å². The normalized spacial score (nSPS) is 12.2. The summed E-state index contributed by atoms with van der Waals surface area (Å²) in [7, 11) is 1.57. The number of hydrogen-bond acceptors (Lipinski definition) is 2. The fourth-order valence-electron chi connectivity index (χ4n) is 1.23. The molecule has 0 aliphatic carbocycles. The molecule has 1 amide bonds. The van der Waals surface area contributed by atoms with Gasteiger partial charge < -0.3 is 10.6 Å². The van der Waals surface area contributed by atoms with Gasteiger partial charge in [-0.1, -0.05) is 17.7 Å². The van der Waals surface area contributed by atoms with Gasteiger partial charge in [-0.25, -0.2) is 4.39 Å². The second-order valence-electron chi connectivity index (χ2n) is 3.47. The third-order valence-electron chi connectivity index (χ3n) is 2.24. The lowest BCUT2D eigenvalue weighted by Crippen LogP contribution is -2.40. The fraction of sp³-hybridized carbons (Fsp3) is 0.364. The molecule has 0 fully saturated rings. The highest BCUT2D eigenvalue weighted by Gasteiger charge is 2.09. The third kappa shape index (κ3) is 3.47. The van der Waals surface area contributed by atoms with Crippen molar-refractivity contribution in [2.45, 2.75) is 19.5 Å². The molecule has 0 heterocycles. The highest BCUT2D eigenvalue weighted by atomic mass is 35.5. The van der Waals surface area contributed by atoms with E-state index in [1.807, 2.05) is 0 Å². The van der Waals surface area contributed by atoms with Crippen molar-refractivity contribution < 1.29 is 9.18 Å². The van der Waals surface area contributed by atoms with Crippen LogP contribution in [0.5, 0.6) is 0 Å². The minimum atomic E-state index is -0.450. The Kier molecular flexibility index (Phi) is 4.71. The van der Waals surface area contributed by atoms with E-state index >= 15 is 0 Å². The van der Waals surface area contributed by atoms with Crippen molar-refractivity contribution in [3.63, 3.8) is 0 Å². The Morgan fingerprint density at radius 3 is 2.81 bits per heavy atom. The number of nitrogens with one attached hydrogen (secondary N) is 2. The van der Waals surface area contributed by atoms with Gasteiger partial charge in [0.05, 0.1) is 11.1 Å². The smallest absolute Gasteiger partial charge is 0.236 e. The molecule has 1 aromatic rings. The van der Waals surface area contributed by atoms with E-state index in [-0.39, 0.29) is 17.0 Å². The van der Waals surface area contributed by atoms with Gasteiger partial charge in [0.15, 0.2) is 0 Å². The van der Waals surface area contributed by atoms with Gasteiger partial charge in [-0.2, -0.15) is 0 Å². The standard InChI is InChI=1S/C11H14ClFN2O/c1-7(11(16)14-2)15-6-8-3-4-9(12)10(13)5-8/h3-5,7,15H,6H2,1-2H3,(H,14,16). The number of likely N-dealkylation sites (N-methyl/N-ethyl adjacent to an activating group) is 1. The zero-order valence-corrected chi connectivity index (χ0v) is 9.94. The molecular formula is C11H14ClFN2O. The SMILES string of the molecule is CNC(=O)C(C)NCc1ccc(Cl)c(F)c1. The molecule has 0 aliphatic rings. The van der Waals surface area contributed by atoms with Crippen LogP contribution in [-0.4, -0.2) is 19.0 Å². The summed E-state index contributed by atoms with van der Waals surface area (Å²) >= 11 is 5.56. The average Bonchev–Trinajstić information content (AvgIpc) is 2.29. The first-order valence-corrected chi connectivity index (χ1v) is 5.31. The lowest BCUT2D eigenvalue weighted by molar-refractivity contribution is -0.122. The zero-order chi connectivity index (χ0) is 12.1. The maximum Gasteiger partial charge on any atom is 0.236 e. The second kappa shape index (κ2) is 5.82. The molecule has 2 N–H and O–H groups in total. The Morgan fingerprint density at radius 1 is 1.56 bits per heavy atom.